The second kappa shape index (κ2) is 16.8. The summed E-state index contributed by atoms with van der Waals surface area (Å²) in [4.78, 5) is 33.5. The molecule has 3 aliphatic rings. The highest BCUT2D eigenvalue weighted by Gasteiger charge is 2.40. The van der Waals surface area contributed by atoms with E-state index in [4.69, 9.17) is 4.99 Å². The molecule has 3 aromatic carbocycles. The number of phenolic OH excluding ortho intramolecular Hbond substituents is 2. The molecule has 1 fully saturated rings. The number of Topliss-reactive ketones (excluding diaryl/α,β-unsaturated/α-hetero) is 1. The van der Waals surface area contributed by atoms with Gasteiger partial charge in [-0.05, 0) is 65.1 Å². The number of aliphatic imine (C=N–C) groups is 1. The SMILES string of the molecule is CCCCCCCCCCCCCC1C=C(c2ccc(CC3NC4=C(Cc5ccc(O)cc5)N=C(c5ccc(O)cc5)CN4C3=O)cc2)C1=O. The van der Waals surface area contributed by atoms with Crippen LogP contribution >= 0.6 is 0 Å². The van der Waals surface area contributed by atoms with Crippen molar-refractivity contribution in [3.05, 3.63) is 113 Å². The van der Waals surface area contributed by atoms with E-state index in [1.165, 1.54) is 64.2 Å². The van der Waals surface area contributed by atoms with Crippen molar-refractivity contribution in [3.63, 3.8) is 0 Å². The van der Waals surface area contributed by atoms with Crippen molar-refractivity contribution >= 4 is 23.0 Å². The first-order valence-electron chi connectivity index (χ1n) is 18.7. The van der Waals surface area contributed by atoms with Crippen LogP contribution in [0.1, 0.15) is 106 Å². The second-order valence-corrected chi connectivity index (χ2v) is 14.1. The van der Waals surface area contributed by atoms with Crippen molar-refractivity contribution in [2.75, 3.05) is 6.54 Å². The average molecular weight is 674 g/mol. The summed E-state index contributed by atoms with van der Waals surface area (Å²) in [5, 5.41) is 23.0. The van der Waals surface area contributed by atoms with E-state index in [9.17, 15) is 19.8 Å². The number of carbonyl (C=O) groups is 2. The van der Waals surface area contributed by atoms with Gasteiger partial charge in [-0.25, -0.2) is 0 Å². The molecule has 0 radical (unpaired) electrons. The van der Waals surface area contributed by atoms with Crippen LogP contribution < -0.4 is 5.32 Å². The Bertz CT molecular complexity index is 1720. The van der Waals surface area contributed by atoms with Crippen LogP contribution in [0, 0.1) is 5.92 Å². The lowest BCUT2D eigenvalue weighted by Crippen LogP contribution is -2.36. The predicted octanol–water partition coefficient (Wildman–Crippen LogP) is 8.64. The Balaban J connectivity index is 1.02. The van der Waals surface area contributed by atoms with Gasteiger partial charge in [-0.2, -0.15) is 0 Å². The van der Waals surface area contributed by atoms with Crippen LogP contribution in [0.15, 0.2) is 95.4 Å². The fourth-order valence-corrected chi connectivity index (χ4v) is 7.28. The van der Waals surface area contributed by atoms with Gasteiger partial charge >= 0.3 is 0 Å². The summed E-state index contributed by atoms with van der Waals surface area (Å²) < 4.78 is 0. The largest absolute Gasteiger partial charge is 0.508 e. The molecule has 2 atom stereocenters. The molecule has 3 N–H and O–H groups in total. The van der Waals surface area contributed by atoms with Gasteiger partial charge in [0.25, 0.3) is 5.91 Å². The number of hydrogen-bond acceptors (Lipinski definition) is 6. The summed E-state index contributed by atoms with van der Waals surface area (Å²) in [5.41, 5.74) is 6.09. The lowest BCUT2D eigenvalue weighted by molar-refractivity contribution is -0.127. The number of amides is 1. The second-order valence-electron chi connectivity index (χ2n) is 14.1. The summed E-state index contributed by atoms with van der Waals surface area (Å²) >= 11 is 0. The third kappa shape index (κ3) is 8.73. The first kappa shape index (κ1) is 35.2. The fraction of sp³-hybridized carbons (Fsp3) is 0.419. The molecule has 3 aromatic rings. The topological polar surface area (TPSA) is 102 Å². The van der Waals surface area contributed by atoms with Crippen LogP contribution in [0.25, 0.3) is 5.57 Å². The molecule has 2 heterocycles. The molecule has 2 unspecified atom stereocenters. The molecule has 1 saturated heterocycles. The van der Waals surface area contributed by atoms with E-state index in [0.29, 0.717) is 25.2 Å². The van der Waals surface area contributed by atoms with E-state index in [-0.39, 0.29) is 29.1 Å². The first-order chi connectivity index (χ1) is 24.4. The van der Waals surface area contributed by atoms with Crippen molar-refractivity contribution in [2.45, 2.75) is 103 Å². The summed E-state index contributed by atoms with van der Waals surface area (Å²) in [6.45, 7) is 2.59. The number of rotatable bonds is 18. The highest BCUT2D eigenvalue weighted by atomic mass is 16.3. The maximum absolute atomic E-state index is 13.8. The van der Waals surface area contributed by atoms with Gasteiger partial charge in [-0.3, -0.25) is 19.5 Å². The third-order valence-corrected chi connectivity index (χ3v) is 10.3. The molecule has 2 aliphatic heterocycles. The number of unbranched alkanes of at least 4 members (excludes halogenated alkanes) is 10. The van der Waals surface area contributed by atoms with E-state index in [2.05, 4.69) is 18.3 Å². The number of aromatic hydroxyl groups is 2. The minimum atomic E-state index is -0.445. The van der Waals surface area contributed by atoms with Crippen molar-refractivity contribution in [2.24, 2.45) is 10.9 Å². The number of ketones is 1. The molecule has 7 heteroatoms. The van der Waals surface area contributed by atoms with E-state index < -0.39 is 6.04 Å². The number of carbonyl (C=O) groups excluding carboxylic acids is 2. The molecule has 0 spiro atoms. The number of nitrogens with zero attached hydrogens (tertiary/aromatic N) is 2. The summed E-state index contributed by atoms with van der Waals surface area (Å²) in [7, 11) is 0. The summed E-state index contributed by atoms with van der Waals surface area (Å²) in [6, 6.07) is 21.5. The minimum absolute atomic E-state index is 0.0133. The lowest BCUT2D eigenvalue weighted by atomic mass is 9.78. The van der Waals surface area contributed by atoms with Gasteiger partial charge in [0.15, 0.2) is 5.78 Å². The molecule has 1 aliphatic carbocycles. The van der Waals surface area contributed by atoms with Gasteiger partial charge in [0, 0.05) is 24.3 Å². The van der Waals surface area contributed by atoms with Crippen molar-refractivity contribution < 1.29 is 19.8 Å². The van der Waals surface area contributed by atoms with Crippen LogP contribution in [-0.2, 0) is 22.4 Å². The third-order valence-electron chi connectivity index (χ3n) is 10.3. The molecule has 0 aromatic heterocycles. The molecule has 1 amide bonds. The smallest absolute Gasteiger partial charge is 0.251 e. The number of fused-ring (bicyclic) bond motifs is 1. The summed E-state index contributed by atoms with van der Waals surface area (Å²) in [5.74, 6) is 1.38. The molecular formula is C43H51N3O4. The van der Waals surface area contributed by atoms with Gasteiger partial charge in [-0.1, -0.05) is 120 Å². The number of allylic oxidation sites excluding steroid dienone is 3. The molecular weight excluding hydrogens is 622 g/mol. The Kier molecular flexibility index (Phi) is 11.9. The van der Waals surface area contributed by atoms with Crippen molar-refractivity contribution in [1.82, 2.24) is 10.2 Å². The molecule has 0 saturated carbocycles. The zero-order valence-electron chi connectivity index (χ0n) is 29.4. The van der Waals surface area contributed by atoms with Crippen LogP contribution in [0.4, 0.5) is 0 Å². The van der Waals surface area contributed by atoms with E-state index >= 15 is 0 Å². The van der Waals surface area contributed by atoms with Gasteiger partial charge < -0.3 is 15.5 Å². The Hall–Kier alpha value is -4.65. The Morgan fingerprint density at radius 1 is 0.720 bits per heavy atom. The van der Waals surface area contributed by atoms with Crippen LogP contribution in [0.2, 0.25) is 0 Å². The first-order valence-corrected chi connectivity index (χ1v) is 18.7. The quantitative estimate of drug-likeness (QED) is 0.117. The molecule has 262 valence electrons. The van der Waals surface area contributed by atoms with Gasteiger partial charge in [-0.15, -0.1) is 0 Å². The van der Waals surface area contributed by atoms with Crippen molar-refractivity contribution in [1.29, 1.82) is 0 Å². The molecule has 7 nitrogen and oxygen atoms in total. The normalized spacial score (nSPS) is 18.5. The lowest BCUT2D eigenvalue weighted by Gasteiger charge is -2.25. The van der Waals surface area contributed by atoms with E-state index in [0.717, 1.165) is 52.1 Å². The predicted molar refractivity (Wildman–Crippen MR) is 200 cm³/mol. The molecule has 50 heavy (non-hydrogen) atoms. The number of hydrogen-bond donors (Lipinski definition) is 3. The maximum atomic E-state index is 13.8. The zero-order valence-corrected chi connectivity index (χ0v) is 29.4. The minimum Gasteiger partial charge on any atom is -0.508 e. The Labute approximate surface area is 296 Å². The highest BCUT2D eigenvalue weighted by molar-refractivity contribution is 6.28. The number of nitrogens with one attached hydrogen (secondary N) is 1. The van der Waals surface area contributed by atoms with E-state index in [1.54, 1.807) is 29.2 Å². The van der Waals surface area contributed by atoms with Crippen molar-refractivity contribution in [3.8, 4) is 11.5 Å². The maximum Gasteiger partial charge on any atom is 0.251 e. The van der Waals surface area contributed by atoms with Gasteiger partial charge in [0.2, 0.25) is 0 Å². The van der Waals surface area contributed by atoms with E-state index in [1.807, 2.05) is 48.5 Å². The van der Waals surface area contributed by atoms with Crippen LogP contribution in [0.3, 0.4) is 0 Å². The Morgan fingerprint density at radius 3 is 1.90 bits per heavy atom. The fourth-order valence-electron chi connectivity index (χ4n) is 7.28. The average Bonchev–Trinajstić information content (AvgIpc) is 3.44. The molecule has 6 rings (SSSR count). The van der Waals surface area contributed by atoms with Crippen LogP contribution in [-0.4, -0.2) is 45.1 Å². The zero-order chi connectivity index (χ0) is 34.9. The summed E-state index contributed by atoms with van der Waals surface area (Å²) in [6.07, 6.45) is 18.5. The number of phenols is 2. The molecule has 0 bridgehead atoms. The monoisotopic (exact) mass is 673 g/mol. The highest BCUT2D eigenvalue weighted by Crippen LogP contribution is 2.34. The van der Waals surface area contributed by atoms with Gasteiger partial charge in [0.1, 0.15) is 23.4 Å². The van der Waals surface area contributed by atoms with Crippen LogP contribution in [0.5, 0.6) is 11.5 Å². The number of benzene rings is 3. The standard InChI is InChI=1S/C43H51N3O4/c1-2-3-4-5-6-7-8-9-10-11-12-13-34-28-37(41(34)49)32-18-14-30(15-19-32)27-39-43(50)46-29-40(33-20-24-36(48)25-21-33)44-38(42(46)45-39)26-31-16-22-35(47)23-17-31/h14-25,28,34,39,45,47-48H,2-13,26-27,29H2,1H3. The van der Waals surface area contributed by atoms with Gasteiger partial charge in [0.05, 0.1) is 18.0 Å². The Morgan fingerprint density at radius 2 is 1.28 bits per heavy atom.